The highest BCUT2D eigenvalue weighted by molar-refractivity contribution is 14.1. The third-order valence-electron chi connectivity index (χ3n) is 1.95. The first-order chi connectivity index (χ1) is 7.56. The van der Waals surface area contributed by atoms with Crippen molar-refractivity contribution < 1.29 is 9.53 Å². The molecule has 16 heavy (non-hydrogen) atoms. The Kier molecular flexibility index (Phi) is 7.12. The van der Waals surface area contributed by atoms with Crippen molar-refractivity contribution in [1.82, 2.24) is 0 Å². The molecule has 0 bridgehead atoms. The fourth-order valence-corrected chi connectivity index (χ4v) is 3.43. The molecule has 0 atom stereocenters. The van der Waals surface area contributed by atoms with Gasteiger partial charge in [0, 0.05) is 21.0 Å². The molecule has 0 aliphatic rings. The first kappa shape index (κ1) is 15.2. The van der Waals surface area contributed by atoms with E-state index in [0.717, 1.165) is 13.6 Å². The van der Waals surface area contributed by atoms with Crippen LogP contribution in [-0.4, -0.2) is 22.8 Å². The van der Waals surface area contributed by atoms with Crippen LogP contribution in [0.2, 0.25) is 6.04 Å². The Hall–Kier alpha value is 1.10. The first-order valence-corrected chi connectivity index (χ1v) is 9.53. The van der Waals surface area contributed by atoms with Gasteiger partial charge < -0.3 is 4.74 Å². The molecule has 0 fully saturated rings. The molecule has 88 valence electrons. The minimum absolute atomic E-state index is 0.206. The van der Waals surface area contributed by atoms with Gasteiger partial charge in [-0.3, -0.25) is 0 Å². The molecule has 0 aromatic heterocycles. The number of carbonyl (C=O) groups is 1. The predicted octanol–water partition coefficient (Wildman–Crippen LogP) is 2.83. The maximum Gasteiger partial charge on any atom is 0.338 e. The van der Waals surface area contributed by atoms with Crippen LogP contribution in [0.1, 0.15) is 16.8 Å². The first-order valence-electron chi connectivity index (χ1n) is 4.88. The van der Waals surface area contributed by atoms with Gasteiger partial charge in [0.15, 0.2) is 0 Å². The summed E-state index contributed by atoms with van der Waals surface area (Å²) in [6, 6.07) is 4.94. The zero-order chi connectivity index (χ0) is 12.1. The van der Waals surface area contributed by atoms with Crippen LogP contribution in [0.25, 0.3) is 0 Å². The number of hydrogen-bond acceptors (Lipinski definition) is 2. The monoisotopic (exact) mass is 572 g/mol. The van der Waals surface area contributed by atoms with Crippen LogP contribution in [-0.2, 0) is 4.74 Å². The fourth-order valence-electron chi connectivity index (χ4n) is 1.07. The van der Waals surface area contributed by atoms with Gasteiger partial charge in [0.1, 0.15) is 0 Å². The smallest absolute Gasteiger partial charge is 0.338 e. The van der Waals surface area contributed by atoms with Crippen molar-refractivity contribution in [3.8, 4) is 0 Å². The van der Waals surface area contributed by atoms with Crippen LogP contribution >= 0.6 is 67.8 Å². The van der Waals surface area contributed by atoms with Crippen molar-refractivity contribution in [3.63, 3.8) is 0 Å². The van der Waals surface area contributed by atoms with E-state index in [9.17, 15) is 4.79 Å². The Bertz CT molecular complexity index is 373. The van der Waals surface area contributed by atoms with E-state index >= 15 is 0 Å². The quantitative estimate of drug-likeness (QED) is 0.183. The van der Waals surface area contributed by atoms with E-state index in [1.54, 1.807) is 0 Å². The predicted molar refractivity (Wildman–Crippen MR) is 94.2 cm³/mol. The van der Waals surface area contributed by atoms with E-state index in [2.05, 4.69) is 67.8 Å². The highest BCUT2D eigenvalue weighted by atomic mass is 127. The average Bonchev–Trinajstić information content (AvgIpc) is 2.25. The SMILES string of the molecule is O=C(OCCC[SiH3])c1cc(I)c(I)c(I)c1. The van der Waals surface area contributed by atoms with Crippen molar-refractivity contribution in [1.29, 1.82) is 0 Å². The molecule has 1 aromatic rings. The molecule has 0 radical (unpaired) electrons. The van der Waals surface area contributed by atoms with Gasteiger partial charge in [0.2, 0.25) is 0 Å². The van der Waals surface area contributed by atoms with E-state index in [4.69, 9.17) is 4.74 Å². The lowest BCUT2D eigenvalue weighted by Crippen LogP contribution is -2.07. The summed E-state index contributed by atoms with van der Waals surface area (Å²) in [6.45, 7) is 0.543. The van der Waals surface area contributed by atoms with Crippen LogP contribution < -0.4 is 0 Å². The van der Waals surface area contributed by atoms with Crippen molar-refractivity contribution in [2.75, 3.05) is 6.61 Å². The zero-order valence-electron chi connectivity index (χ0n) is 8.73. The van der Waals surface area contributed by atoms with Crippen molar-refractivity contribution in [2.24, 2.45) is 0 Å². The molecule has 2 nitrogen and oxygen atoms in total. The average molecular weight is 572 g/mol. The number of halogens is 3. The van der Waals surface area contributed by atoms with Crippen molar-refractivity contribution in [3.05, 3.63) is 28.4 Å². The molecule has 6 heteroatoms. The van der Waals surface area contributed by atoms with Gasteiger partial charge in [0.25, 0.3) is 0 Å². The minimum atomic E-state index is -0.206. The lowest BCUT2D eigenvalue weighted by molar-refractivity contribution is 0.0505. The van der Waals surface area contributed by atoms with Crippen LogP contribution in [0, 0.1) is 10.7 Å². The molecule has 0 spiro atoms. The van der Waals surface area contributed by atoms with E-state index in [0.29, 0.717) is 12.2 Å². The van der Waals surface area contributed by atoms with Gasteiger partial charge in [-0.15, -0.1) is 0 Å². The van der Waals surface area contributed by atoms with Gasteiger partial charge in [-0.05, 0) is 86.3 Å². The van der Waals surface area contributed by atoms with E-state index < -0.39 is 0 Å². The molecular weight excluding hydrogens is 561 g/mol. The second kappa shape index (κ2) is 7.51. The molecule has 0 aliphatic carbocycles. The lowest BCUT2D eigenvalue weighted by atomic mass is 10.2. The van der Waals surface area contributed by atoms with E-state index in [1.165, 1.54) is 19.9 Å². The molecule has 1 aromatic carbocycles. The molecule has 0 heterocycles. The van der Waals surface area contributed by atoms with Gasteiger partial charge in [-0.2, -0.15) is 0 Å². The summed E-state index contributed by atoms with van der Waals surface area (Å²) < 4.78 is 8.58. The second-order valence-corrected chi connectivity index (χ2v) is 7.65. The number of hydrogen-bond donors (Lipinski definition) is 0. The molecule has 1 rings (SSSR count). The number of ether oxygens (including phenoxy) is 1. The molecule has 0 aliphatic heterocycles. The molecule has 0 unspecified atom stereocenters. The summed E-state index contributed by atoms with van der Waals surface area (Å²) in [5.41, 5.74) is 0.655. The molecule has 0 saturated carbocycles. The van der Waals surface area contributed by atoms with E-state index in [-0.39, 0.29) is 5.97 Å². The lowest BCUT2D eigenvalue weighted by Gasteiger charge is -2.06. The molecule has 0 saturated heterocycles. The molecular formula is C10H11I3O2Si. The number of rotatable bonds is 4. The summed E-state index contributed by atoms with van der Waals surface area (Å²) in [5, 5.41) is 0. The Balaban J connectivity index is 2.76. The Morgan fingerprint density at radius 2 is 1.81 bits per heavy atom. The normalized spacial score (nSPS) is 10.4. The topological polar surface area (TPSA) is 26.3 Å². The molecule has 0 N–H and O–H groups in total. The van der Waals surface area contributed by atoms with Gasteiger partial charge in [-0.25, -0.2) is 4.79 Å². The number of esters is 1. The third-order valence-corrected chi connectivity index (χ3v) is 7.59. The summed E-state index contributed by atoms with van der Waals surface area (Å²) in [5.74, 6) is -0.206. The Morgan fingerprint density at radius 1 is 1.25 bits per heavy atom. The van der Waals surface area contributed by atoms with Crippen LogP contribution in [0.3, 0.4) is 0 Å². The van der Waals surface area contributed by atoms with Crippen LogP contribution in [0.15, 0.2) is 12.1 Å². The number of carbonyl (C=O) groups excluding carboxylic acids is 1. The zero-order valence-corrected chi connectivity index (χ0v) is 17.2. The van der Waals surface area contributed by atoms with E-state index in [1.807, 2.05) is 12.1 Å². The molecule has 0 amide bonds. The third kappa shape index (κ3) is 4.41. The maximum atomic E-state index is 11.7. The fraction of sp³-hybridized carbons (Fsp3) is 0.300. The number of benzene rings is 1. The Morgan fingerprint density at radius 3 is 2.31 bits per heavy atom. The van der Waals surface area contributed by atoms with Crippen molar-refractivity contribution in [2.45, 2.75) is 12.5 Å². The van der Waals surface area contributed by atoms with Crippen molar-refractivity contribution >= 4 is 84.0 Å². The summed E-state index contributed by atoms with van der Waals surface area (Å²) in [7, 11) is 1.17. The maximum absolute atomic E-state index is 11.7. The summed E-state index contributed by atoms with van der Waals surface area (Å²) in [6.07, 6.45) is 0.983. The summed E-state index contributed by atoms with van der Waals surface area (Å²) >= 11 is 6.76. The Labute approximate surface area is 139 Å². The second-order valence-electron chi connectivity index (χ2n) is 3.24. The van der Waals surface area contributed by atoms with Gasteiger partial charge >= 0.3 is 5.97 Å². The highest BCUT2D eigenvalue weighted by Crippen LogP contribution is 2.23. The van der Waals surface area contributed by atoms with Crippen LogP contribution in [0.5, 0.6) is 0 Å². The van der Waals surface area contributed by atoms with Gasteiger partial charge in [-0.1, -0.05) is 6.04 Å². The summed E-state index contributed by atoms with van der Waals surface area (Å²) in [4.78, 5) is 11.7. The van der Waals surface area contributed by atoms with Gasteiger partial charge in [0.05, 0.1) is 12.2 Å². The van der Waals surface area contributed by atoms with Crippen LogP contribution in [0.4, 0.5) is 0 Å². The standard InChI is InChI=1S/C10H11I3O2Si/c11-7-4-6(5-8(12)9(7)13)10(14)15-2-1-3-16/h4-5H,1-3H2,16H3. The minimum Gasteiger partial charge on any atom is -0.462 e. The largest absolute Gasteiger partial charge is 0.462 e. The highest BCUT2D eigenvalue weighted by Gasteiger charge is 2.11.